The molecule has 6 nitrogen and oxygen atoms in total. The van der Waals surface area contributed by atoms with Gasteiger partial charge < -0.3 is 19.2 Å². The van der Waals surface area contributed by atoms with Crippen LogP contribution in [0.4, 0.5) is 10.5 Å². The first-order chi connectivity index (χ1) is 12.7. The predicted octanol–water partition coefficient (Wildman–Crippen LogP) is 3.72. The fraction of sp³-hybridized carbons (Fsp3) is 0.250. The number of methoxy groups -OCH3 is 1. The molecule has 1 amide bonds. The summed E-state index contributed by atoms with van der Waals surface area (Å²) in [6.45, 7) is 1.38. The number of cyclic esters (lactones) is 1. The molecule has 1 atom stereocenters. The van der Waals surface area contributed by atoms with Gasteiger partial charge in [-0.3, -0.25) is 4.90 Å². The van der Waals surface area contributed by atoms with Crippen molar-refractivity contribution in [2.45, 2.75) is 12.7 Å². The van der Waals surface area contributed by atoms with Gasteiger partial charge in [0.1, 0.15) is 18.5 Å². The average Bonchev–Trinajstić information content (AvgIpc) is 3.23. The third kappa shape index (κ3) is 3.23. The zero-order valence-electron chi connectivity index (χ0n) is 14.5. The molecule has 134 valence electrons. The molecule has 0 spiro atoms. The predicted molar refractivity (Wildman–Crippen MR) is 98.6 cm³/mol. The zero-order valence-corrected chi connectivity index (χ0v) is 14.5. The lowest BCUT2D eigenvalue weighted by Crippen LogP contribution is -2.25. The number of aromatic nitrogens is 1. The monoisotopic (exact) mass is 352 g/mol. The number of aromatic amines is 1. The second-order valence-corrected chi connectivity index (χ2v) is 6.23. The van der Waals surface area contributed by atoms with E-state index in [1.165, 1.54) is 0 Å². The molecule has 26 heavy (non-hydrogen) atoms. The van der Waals surface area contributed by atoms with Crippen LogP contribution >= 0.6 is 0 Å². The van der Waals surface area contributed by atoms with Crippen LogP contribution in [0.5, 0.6) is 5.75 Å². The van der Waals surface area contributed by atoms with Crippen molar-refractivity contribution in [3.05, 3.63) is 60.3 Å². The van der Waals surface area contributed by atoms with E-state index in [4.69, 9.17) is 14.2 Å². The maximum Gasteiger partial charge on any atom is 0.414 e. The van der Waals surface area contributed by atoms with Gasteiger partial charge in [-0.1, -0.05) is 30.3 Å². The number of carbonyl (C=O) groups is 1. The number of fused-ring (bicyclic) bond motifs is 1. The van der Waals surface area contributed by atoms with Gasteiger partial charge in [0.25, 0.3) is 0 Å². The molecule has 0 bridgehead atoms. The minimum atomic E-state index is -0.350. The molecule has 1 saturated heterocycles. The van der Waals surface area contributed by atoms with Gasteiger partial charge in [0.05, 0.1) is 24.4 Å². The van der Waals surface area contributed by atoms with Crippen molar-refractivity contribution in [1.29, 1.82) is 0 Å². The highest BCUT2D eigenvalue weighted by Crippen LogP contribution is 2.32. The van der Waals surface area contributed by atoms with Crippen molar-refractivity contribution >= 4 is 22.7 Å². The molecule has 1 N–H and O–H groups in total. The number of amides is 1. The van der Waals surface area contributed by atoms with Crippen LogP contribution in [-0.2, 0) is 16.1 Å². The molecule has 0 saturated carbocycles. The third-order valence-electron chi connectivity index (χ3n) is 4.40. The topological polar surface area (TPSA) is 63.8 Å². The number of benzene rings is 2. The highest BCUT2D eigenvalue weighted by Gasteiger charge is 2.33. The molecule has 3 aromatic rings. The van der Waals surface area contributed by atoms with Gasteiger partial charge in [-0.2, -0.15) is 0 Å². The first kappa shape index (κ1) is 16.5. The van der Waals surface area contributed by atoms with Crippen LogP contribution in [0.25, 0.3) is 10.9 Å². The maximum absolute atomic E-state index is 12.1. The normalized spacial score (nSPS) is 16.9. The van der Waals surface area contributed by atoms with Crippen molar-refractivity contribution in [3.8, 4) is 5.75 Å². The Morgan fingerprint density at radius 3 is 2.88 bits per heavy atom. The first-order valence-corrected chi connectivity index (χ1v) is 8.49. The van der Waals surface area contributed by atoms with Crippen LogP contribution < -0.4 is 9.64 Å². The van der Waals surface area contributed by atoms with Crippen molar-refractivity contribution in [2.75, 3.05) is 25.2 Å². The second kappa shape index (κ2) is 7.09. The largest absolute Gasteiger partial charge is 0.489 e. The minimum absolute atomic E-state index is 0.245. The molecule has 0 aliphatic carbocycles. The Kier molecular flexibility index (Phi) is 4.50. The third-order valence-corrected chi connectivity index (χ3v) is 4.40. The number of carbonyl (C=O) groups excluding carboxylic acids is 1. The summed E-state index contributed by atoms with van der Waals surface area (Å²) in [6.07, 6.45) is 1.23. The van der Waals surface area contributed by atoms with Gasteiger partial charge in [-0.15, -0.1) is 0 Å². The standard InChI is InChI=1S/C20H20N2O4/c1-24-13-16-11-22(20(23)26-16)19-10-21-18-9-15(7-8-17(18)19)25-12-14-5-3-2-4-6-14/h2-10,16,21H,11-13H2,1H3/t16-/m1/s1. The number of rotatable bonds is 6. The van der Waals surface area contributed by atoms with Crippen LogP contribution in [-0.4, -0.2) is 37.4 Å². The zero-order chi connectivity index (χ0) is 17.9. The fourth-order valence-corrected chi connectivity index (χ4v) is 3.13. The molecule has 2 aromatic carbocycles. The lowest BCUT2D eigenvalue weighted by atomic mass is 10.2. The summed E-state index contributed by atoms with van der Waals surface area (Å²) in [5, 5.41) is 0.951. The number of ether oxygens (including phenoxy) is 3. The smallest absolute Gasteiger partial charge is 0.414 e. The maximum atomic E-state index is 12.1. The van der Waals surface area contributed by atoms with Crippen LogP contribution in [0.1, 0.15) is 5.56 Å². The van der Waals surface area contributed by atoms with E-state index >= 15 is 0 Å². The van der Waals surface area contributed by atoms with Gasteiger partial charge in [0, 0.05) is 24.8 Å². The van der Waals surface area contributed by atoms with Crippen LogP contribution in [0.2, 0.25) is 0 Å². The van der Waals surface area contributed by atoms with E-state index < -0.39 is 0 Å². The van der Waals surface area contributed by atoms with E-state index in [1.54, 1.807) is 12.0 Å². The van der Waals surface area contributed by atoms with Crippen molar-refractivity contribution < 1.29 is 19.0 Å². The Morgan fingerprint density at radius 1 is 1.23 bits per heavy atom. The SMILES string of the molecule is COC[C@H]1CN(c2c[nH]c3cc(OCc4ccccc4)ccc23)C(=O)O1. The quantitative estimate of drug-likeness (QED) is 0.734. The molecular weight excluding hydrogens is 332 g/mol. The van der Waals surface area contributed by atoms with Gasteiger partial charge in [-0.05, 0) is 17.7 Å². The van der Waals surface area contributed by atoms with Gasteiger partial charge >= 0.3 is 6.09 Å². The minimum Gasteiger partial charge on any atom is -0.489 e. The lowest BCUT2D eigenvalue weighted by molar-refractivity contribution is 0.0718. The van der Waals surface area contributed by atoms with E-state index in [2.05, 4.69) is 4.98 Å². The highest BCUT2D eigenvalue weighted by atomic mass is 16.6. The number of nitrogens with one attached hydrogen (secondary N) is 1. The van der Waals surface area contributed by atoms with Gasteiger partial charge in [0.2, 0.25) is 0 Å². The van der Waals surface area contributed by atoms with Crippen molar-refractivity contribution in [2.24, 2.45) is 0 Å². The molecule has 0 radical (unpaired) electrons. The number of hydrogen-bond acceptors (Lipinski definition) is 4. The molecule has 1 aromatic heterocycles. The lowest BCUT2D eigenvalue weighted by Gasteiger charge is -2.12. The summed E-state index contributed by atoms with van der Waals surface area (Å²) < 4.78 is 16.3. The van der Waals surface area contributed by atoms with Gasteiger partial charge in [-0.25, -0.2) is 4.79 Å². The number of nitrogens with zero attached hydrogens (tertiary/aromatic N) is 1. The Bertz CT molecular complexity index is 907. The first-order valence-electron chi connectivity index (χ1n) is 8.49. The van der Waals surface area contributed by atoms with Crippen LogP contribution in [0.15, 0.2) is 54.7 Å². The summed E-state index contributed by atoms with van der Waals surface area (Å²) in [5.74, 6) is 0.774. The Labute approximate surface area is 151 Å². The van der Waals surface area contributed by atoms with Crippen molar-refractivity contribution in [1.82, 2.24) is 4.98 Å². The van der Waals surface area contributed by atoms with E-state index in [0.29, 0.717) is 19.8 Å². The molecule has 1 aliphatic rings. The molecule has 2 heterocycles. The fourth-order valence-electron chi connectivity index (χ4n) is 3.13. The van der Waals surface area contributed by atoms with E-state index in [9.17, 15) is 4.79 Å². The summed E-state index contributed by atoms with van der Waals surface area (Å²) in [7, 11) is 1.60. The number of hydrogen-bond donors (Lipinski definition) is 1. The Hall–Kier alpha value is -2.99. The number of anilines is 1. The van der Waals surface area contributed by atoms with Gasteiger partial charge in [0.15, 0.2) is 0 Å². The summed E-state index contributed by atoms with van der Waals surface area (Å²) in [6, 6.07) is 15.8. The van der Waals surface area contributed by atoms with Crippen LogP contribution in [0.3, 0.4) is 0 Å². The molecule has 4 rings (SSSR count). The van der Waals surface area contributed by atoms with E-state index in [0.717, 1.165) is 27.9 Å². The second-order valence-electron chi connectivity index (χ2n) is 6.23. The highest BCUT2D eigenvalue weighted by molar-refractivity contribution is 6.02. The Balaban J connectivity index is 1.51. The summed E-state index contributed by atoms with van der Waals surface area (Å²) in [4.78, 5) is 17.0. The Morgan fingerprint density at radius 2 is 2.08 bits per heavy atom. The number of H-pyrrole nitrogens is 1. The van der Waals surface area contributed by atoms with E-state index in [1.807, 2.05) is 54.7 Å². The van der Waals surface area contributed by atoms with E-state index in [-0.39, 0.29) is 12.2 Å². The summed E-state index contributed by atoms with van der Waals surface area (Å²) >= 11 is 0. The molecule has 1 fully saturated rings. The van der Waals surface area contributed by atoms with Crippen LogP contribution in [0, 0.1) is 0 Å². The summed E-state index contributed by atoms with van der Waals surface area (Å²) in [5.41, 5.74) is 2.83. The molecule has 6 heteroatoms. The molecule has 1 aliphatic heterocycles. The van der Waals surface area contributed by atoms with Crippen molar-refractivity contribution in [3.63, 3.8) is 0 Å². The average molecular weight is 352 g/mol. The molecule has 0 unspecified atom stereocenters. The molecular formula is C20H20N2O4.